The van der Waals surface area contributed by atoms with Crippen molar-refractivity contribution in [3.05, 3.63) is 70.8 Å². The molecule has 0 aliphatic rings. The van der Waals surface area contributed by atoms with Gasteiger partial charge < -0.3 is 27.4 Å². The van der Waals surface area contributed by atoms with E-state index in [9.17, 15) is 62.4 Å². The summed E-state index contributed by atoms with van der Waals surface area (Å²) in [5.74, 6) is -1.30. The smallest absolute Gasteiger partial charge is 0.297 e. The standard InChI is InChI=1S/C10H10N2O7S2.C10H9NO7S2.C7H7N3O5S/c11-6-3-8(21(17,18)19)5-1-4(20(14,15)16)2-7(13)9(5)10(6)12;11-8-2-1-6-7(10(8)20(16,17)18)3-5(4-9(6)12)19(13,14)15;1-8-9-6-3-2-5(10(11)12)4-7(6)16(13,14)15/h1-3,13H,11-12H2,(H,14,15,16)(H,17,18,19);1-4,12H,11H2,(H,13,14,15)(H,16,17,18);2-4H,1H3,(H,13,14,15). The lowest BCUT2D eigenvalue weighted by molar-refractivity contribution is -0.385. The number of fused-ring (bicyclic) bond motifs is 2. The Hall–Kier alpha value is -5.83. The van der Waals surface area contributed by atoms with Crippen LogP contribution in [0.25, 0.3) is 21.5 Å². The fraction of sp³-hybridized carbons (Fsp3) is 0.0370. The van der Waals surface area contributed by atoms with E-state index in [-0.39, 0.29) is 38.9 Å². The molecule has 0 atom stereocenters. The van der Waals surface area contributed by atoms with Crippen molar-refractivity contribution >= 4 is 101 Å². The number of azo groups is 1. The van der Waals surface area contributed by atoms with Crippen LogP contribution in [0, 0.1) is 10.1 Å². The first-order chi connectivity index (χ1) is 25.8. The topological polar surface area (TPSA) is 458 Å². The lowest BCUT2D eigenvalue weighted by Gasteiger charge is -2.12. The summed E-state index contributed by atoms with van der Waals surface area (Å²) in [6.07, 6.45) is 0. The minimum absolute atomic E-state index is 0.0424. The Kier molecular flexibility index (Phi) is 12.8. The fourth-order valence-electron chi connectivity index (χ4n) is 4.71. The van der Waals surface area contributed by atoms with E-state index in [1.165, 1.54) is 13.1 Å². The quantitative estimate of drug-likeness (QED) is 0.0368. The average molecular weight is 899 g/mol. The largest absolute Gasteiger partial charge is 0.507 e. The summed E-state index contributed by atoms with van der Waals surface area (Å²) in [5, 5.41) is 35.7. The molecule has 0 fully saturated rings. The third kappa shape index (κ3) is 10.5. The molecule has 0 heterocycles. The van der Waals surface area contributed by atoms with Crippen LogP contribution in [0.1, 0.15) is 0 Å². The van der Waals surface area contributed by atoms with Crippen LogP contribution in [0.4, 0.5) is 28.4 Å². The summed E-state index contributed by atoms with van der Waals surface area (Å²) < 4.78 is 157. The number of nitrogen functional groups attached to an aromatic ring is 3. The molecule has 57 heavy (non-hydrogen) atoms. The lowest BCUT2D eigenvalue weighted by atomic mass is 10.1. The van der Waals surface area contributed by atoms with E-state index in [0.717, 1.165) is 48.5 Å². The van der Waals surface area contributed by atoms with Gasteiger partial charge in [0.05, 0.1) is 37.2 Å². The van der Waals surface area contributed by atoms with E-state index in [2.05, 4.69) is 10.2 Å². The van der Waals surface area contributed by atoms with Crippen LogP contribution in [-0.2, 0) is 50.6 Å². The summed E-state index contributed by atoms with van der Waals surface area (Å²) in [6, 6.07) is 9.07. The molecule has 0 aromatic heterocycles. The number of phenols is 2. The third-order valence-electron chi connectivity index (χ3n) is 7.06. The Balaban J connectivity index is 0.000000231. The molecule has 0 bridgehead atoms. The van der Waals surface area contributed by atoms with Gasteiger partial charge in [0, 0.05) is 47.5 Å². The van der Waals surface area contributed by atoms with Crippen molar-refractivity contribution in [3.8, 4) is 11.5 Å². The molecule has 5 rings (SSSR count). The number of rotatable bonds is 7. The number of hydrogen-bond donors (Lipinski definition) is 10. The Labute approximate surface area is 320 Å². The predicted octanol–water partition coefficient (Wildman–Crippen LogP) is 2.38. The predicted molar refractivity (Wildman–Crippen MR) is 197 cm³/mol. The number of benzene rings is 5. The van der Waals surface area contributed by atoms with Gasteiger partial charge in [-0.2, -0.15) is 52.3 Å². The maximum atomic E-state index is 11.3. The summed E-state index contributed by atoms with van der Waals surface area (Å²) in [6.45, 7) is 0. The van der Waals surface area contributed by atoms with Crippen molar-refractivity contribution in [2.45, 2.75) is 24.5 Å². The maximum Gasteiger partial charge on any atom is 0.297 e. The van der Waals surface area contributed by atoms with Crippen molar-refractivity contribution in [1.29, 1.82) is 0 Å². The Morgan fingerprint density at radius 1 is 0.579 bits per heavy atom. The monoisotopic (exact) mass is 898 g/mol. The first kappa shape index (κ1) is 45.6. The number of hydrogen-bond acceptors (Lipinski definition) is 19. The Morgan fingerprint density at radius 2 is 1.09 bits per heavy atom. The highest BCUT2D eigenvalue weighted by Gasteiger charge is 2.25. The van der Waals surface area contributed by atoms with Crippen LogP contribution in [0.5, 0.6) is 11.5 Å². The number of nitro benzene ring substituents is 1. The fourth-order valence-corrected chi connectivity index (χ4v) is 7.94. The molecule has 0 spiro atoms. The molecular formula is C27H26N6O19S5. The summed E-state index contributed by atoms with van der Waals surface area (Å²) in [4.78, 5) is 6.03. The van der Waals surface area contributed by atoms with Crippen molar-refractivity contribution in [2.75, 3.05) is 24.2 Å². The molecule has 0 aliphatic heterocycles. The molecule has 308 valence electrons. The highest BCUT2D eigenvalue weighted by molar-refractivity contribution is 7.87. The van der Waals surface area contributed by atoms with E-state index >= 15 is 0 Å². The Bertz CT molecular complexity index is 3080. The van der Waals surface area contributed by atoms with Crippen LogP contribution < -0.4 is 17.2 Å². The van der Waals surface area contributed by atoms with Crippen molar-refractivity contribution in [3.63, 3.8) is 0 Å². The van der Waals surface area contributed by atoms with Gasteiger partial charge in [-0.3, -0.25) is 32.9 Å². The Morgan fingerprint density at radius 3 is 1.54 bits per heavy atom. The molecule has 0 aliphatic carbocycles. The van der Waals surface area contributed by atoms with Crippen LogP contribution in [0.2, 0.25) is 0 Å². The number of non-ortho nitro benzene ring substituents is 1. The molecule has 25 nitrogen and oxygen atoms in total. The lowest BCUT2D eigenvalue weighted by Crippen LogP contribution is -2.05. The number of nitrogens with zero attached hydrogens (tertiary/aromatic N) is 3. The van der Waals surface area contributed by atoms with E-state index < -0.39 is 103 Å². The van der Waals surface area contributed by atoms with Crippen LogP contribution >= 0.6 is 0 Å². The normalized spacial score (nSPS) is 12.5. The van der Waals surface area contributed by atoms with E-state index in [1.807, 2.05) is 0 Å². The SMILES string of the molecule is CN=Nc1ccc([N+](=O)[O-])cc1S(=O)(=O)O.Nc1cc(S(=O)(=O)O)c2cc(S(=O)(=O)O)cc(O)c2c1N.Nc1ccc2c(O)cc(S(=O)(=O)O)cc2c1S(=O)(=O)O. The molecule has 13 N–H and O–H groups in total. The van der Waals surface area contributed by atoms with Crippen molar-refractivity contribution < 1.29 is 80.0 Å². The van der Waals surface area contributed by atoms with Gasteiger partial charge in [0.2, 0.25) is 0 Å². The number of phenolic OH excluding ortho intramolecular Hbond substituents is 2. The minimum atomic E-state index is -4.77. The molecular weight excluding hydrogens is 873 g/mol. The molecule has 0 unspecified atom stereocenters. The zero-order valence-corrected chi connectivity index (χ0v) is 32.0. The van der Waals surface area contributed by atoms with Gasteiger partial charge >= 0.3 is 0 Å². The van der Waals surface area contributed by atoms with Gasteiger partial charge in [-0.15, -0.1) is 0 Å². The van der Waals surface area contributed by atoms with E-state index in [0.29, 0.717) is 6.07 Å². The zero-order valence-electron chi connectivity index (χ0n) is 27.9. The number of nitrogens with two attached hydrogens (primary N) is 3. The number of anilines is 3. The second kappa shape index (κ2) is 16.0. The first-order valence-electron chi connectivity index (χ1n) is 14.2. The van der Waals surface area contributed by atoms with Crippen LogP contribution in [-0.4, -0.2) is 87.0 Å². The van der Waals surface area contributed by atoms with Gasteiger partial charge in [0.15, 0.2) is 0 Å². The second-order valence-electron chi connectivity index (χ2n) is 10.8. The van der Waals surface area contributed by atoms with Gasteiger partial charge in [-0.1, -0.05) is 0 Å². The molecule has 0 radical (unpaired) electrons. The van der Waals surface area contributed by atoms with E-state index in [4.69, 9.17) is 40.0 Å². The maximum absolute atomic E-state index is 11.3. The van der Waals surface area contributed by atoms with E-state index in [1.54, 1.807) is 0 Å². The van der Waals surface area contributed by atoms with Crippen LogP contribution in [0.15, 0.2) is 95.4 Å². The van der Waals surface area contributed by atoms with Gasteiger partial charge in [-0.05, 0) is 36.4 Å². The average Bonchev–Trinajstić information content (AvgIpc) is 3.04. The molecule has 0 saturated carbocycles. The van der Waals surface area contributed by atoms with Crippen molar-refractivity contribution in [1.82, 2.24) is 0 Å². The molecule has 0 amide bonds. The minimum Gasteiger partial charge on any atom is -0.507 e. The third-order valence-corrected chi connectivity index (χ3v) is 11.5. The number of aromatic hydroxyl groups is 2. The number of nitro groups is 1. The molecule has 0 saturated heterocycles. The summed E-state index contributed by atoms with van der Waals surface area (Å²) in [5.41, 5.74) is 15.2. The summed E-state index contributed by atoms with van der Waals surface area (Å²) >= 11 is 0. The first-order valence-corrected chi connectivity index (χ1v) is 21.4. The second-order valence-corrected chi connectivity index (χ2v) is 17.8. The van der Waals surface area contributed by atoms with Crippen molar-refractivity contribution in [2.24, 2.45) is 10.2 Å². The van der Waals surface area contributed by atoms with Crippen LogP contribution in [0.3, 0.4) is 0 Å². The molecule has 5 aromatic rings. The molecule has 5 aromatic carbocycles. The van der Waals surface area contributed by atoms with Gasteiger partial charge in [0.25, 0.3) is 56.3 Å². The highest BCUT2D eigenvalue weighted by Crippen LogP contribution is 2.40. The summed E-state index contributed by atoms with van der Waals surface area (Å²) in [7, 11) is -22.2. The van der Waals surface area contributed by atoms with Gasteiger partial charge in [0.1, 0.15) is 31.9 Å². The zero-order chi connectivity index (χ0) is 43.8. The molecule has 30 heteroatoms. The highest BCUT2D eigenvalue weighted by atomic mass is 32.2. The van der Waals surface area contributed by atoms with Gasteiger partial charge in [-0.25, -0.2) is 0 Å².